The van der Waals surface area contributed by atoms with Crippen LogP contribution in [-0.4, -0.2) is 59.0 Å². The smallest absolute Gasteiger partial charge is 0.262 e. The quantitative estimate of drug-likeness (QED) is 0.724. The first-order chi connectivity index (χ1) is 13.8. The van der Waals surface area contributed by atoms with Crippen molar-refractivity contribution in [1.82, 2.24) is 10.2 Å². The summed E-state index contributed by atoms with van der Waals surface area (Å²) in [6.45, 7) is 0.651. The van der Waals surface area contributed by atoms with Gasteiger partial charge < -0.3 is 19.7 Å². The lowest BCUT2D eigenvalue weighted by atomic mass is 10.2. The van der Waals surface area contributed by atoms with Gasteiger partial charge in [0.15, 0.2) is 11.5 Å². The molecule has 1 aliphatic heterocycles. The number of hydrogen-bond acceptors (Lipinski definition) is 6. The molecule has 2 aromatic carbocycles. The zero-order valence-electron chi connectivity index (χ0n) is 16.0. The van der Waals surface area contributed by atoms with Crippen molar-refractivity contribution in [3.63, 3.8) is 0 Å². The van der Waals surface area contributed by atoms with Gasteiger partial charge in [0, 0.05) is 31.4 Å². The highest BCUT2D eigenvalue weighted by molar-refractivity contribution is 7.92. The summed E-state index contributed by atoms with van der Waals surface area (Å²) in [7, 11) is -0.659. The SMILES string of the molecule is CN(C)C(=O)CNC(=O)c1ccc(NS(=O)(=O)c2ccc3c(c2)OCCO3)cc1. The summed E-state index contributed by atoms with van der Waals surface area (Å²) >= 11 is 0. The van der Waals surface area contributed by atoms with Gasteiger partial charge in [-0.3, -0.25) is 14.3 Å². The molecule has 1 aliphatic rings. The van der Waals surface area contributed by atoms with Crippen LogP contribution in [-0.2, 0) is 14.8 Å². The number of anilines is 1. The van der Waals surface area contributed by atoms with E-state index in [1.54, 1.807) is 20.2 Å². The van der Waals surface area contributed by atoms with Gasteiger partial charge in [0.25, 0.3) is 15.9 Å². The Morgan fingerprint density at radius 3 is 2.31 bits per heavy atom. The Balaban J connectivity index is 1.67. The normalized spacial score (nSPS) is 12.8. The predicted molar refractivity (Wildman–Crippen MR) is 106 cm³/mol. The molecule has 0 unspecified atom stereocenters. The van der Waals surface area contributed by atoms with E-state index < -0.39 is 15.9 Å². The molecule has 0 radical (unpaired) electrons. The van der Waals surface area contributed by atoms with Crippen LogP contribution < -0.4 is 19.5 Å². The first kappa shape index (κ1) is 20.5. The summed E-state index contributed by atoms with van der Waals surface area (Å²) in [5, 5.41) is 2.51. The molecule has 10 heteroatoms. The summed E-state index contributed by atoms with van der Waals surface area (Å²) in [4.78, 5) is 25.0. The van der Waals surface area contributed by atoms with E-state index in [1.165, 1.54) is 41.3 Å². The van der Waals surface area contributed by atoms with Crippen LogP contribution in [0.15, 0.2) is 47.4 Å². The van der Waals surface area contributed by atoms with Gasteiger partial charge >= 0.3 is 0 Å². The molecule has 2 amide bonds. The van der Waals surface area contributed by atoms with Crippen LogP contribution >= 0.6 is 0 Å². The van der Waals surface area contributed by atoms with Crippen molar-refractivity contribution in [2.24, 2.45) is 0 Å². The maximum atomic E-state index is 12.6. The third-order valence-corrected chi connectivity index (χ3v) is 5.50. The maximum absolute atomic E-state index is 12.6. The second-order valence-corrected chi connectivity index (χ2v) is 8.14. The van der Waals surface area contributed by atoms with Gasteiger partial charge in [-0.15, -0.1) is 0 Å². The van der Waals surface area contributed by atoms with Gasteiger partial charge in [0.2, 0.25) is 5.91 Å². The number of sulfonamides is 1. The molecule has 2 aromatic rings. The minimum absolute atomic E-state index is 0.0331. The van der Waals surface area contributed by atoms with E-state index >= 15 is 0 Å². The highest BCUT2D eigenvalue weighted by atomic mass is 32.2. The number of nitrogens with one attached hydrogen (secondary N) is 2. The maximum Gasteiger partial charge on any atom is 0.262 e. The monoisotopic (exact) mass is 419 g/mol. The third kappa shape index (κ3) is 4.96. The molecule has 9 nitrogen and oxygen atoms in total. The molecule has 3 rings (SSSR count). The van der Waals surface area contributed by atoms with Crippen molar-refractivity contribution >= 4 is 27.5 Å². The number of ether oxygens (including phenoxy) is 2. The fourth-order valence-corrected chi connectivity index (χ4v) is 3.58. The van der Waals surface area contributed by atoms with Gasteiger partial charge in [-0.05, 0) is 36.4 Å². The van der Waals surface area contributed by atoms with Crippen LogP contribution in [0.1, 0.15) is 10.4 Å². The molecular weight excluding hydrogens is 398 g/mol. The van der Waals surface area contributed by atoms with Crippen LogP contribution in [0.2, 0.25) is 0 Å². The number of hydrogen-bond donors (Lipinski definition) is 2. The second-order valence-electron chi connectivity index (χ2n) is 6.46. The van der Waals surface area contributed by atoms with Crippen molar-refractivity contribution in [2.45, 2.75) is 4.90 Å². The van der Waals surface area contributed by atoms with Gasteiger partial charge in [-0.1, -0.05) is 0 Å². The van der Waals surface area contributed by atoms with Crippen LogP contribution in [0.25, 0.3) is 0 Å². The van der Waals surface area contributed by atoms with Crippen LogP contribution in [0.5, 0.6) is 11.5 Å². The predicted octanol–water partition coefficient (Wildman–Crippen LogP) is 1.08. The Hall–Kier alpha value is -3.27. The van der Waals surface area contributed by atoms with E-state index in [0.29, 0.717) is 36.0 Å². The lowest BCUT2D eigenvalue weighted by molar-refractivity contribution is -0.127. The van der Waals surface area contributed by atoms with Gasteiger partial charge in [-0.25, -0.2) is 8.42 Å². The van der Waals surface area contributed by atoms with Gasteiger partial charge in [0.1, 0.15) is 13.2 Å². The molecule has 2 N–H and O–H groups in total. The summed E-state index contributed by atoms with van der Waals surface area (Å²) in [5.74, 6) is 0.209. The topological polar surface area (TPSA) is 114 Å². The molecule has 0 bridgehead atoms. The lowest BCUT2D eigenvalue weighted by Crippen LogP contribution is -2.36. The van der Waals surface area contributed by atoms with Crippen molar-refractivity contribution in [3.05, 3.63) is 48.0 Å². The number of carbonyl (C=O) groups excluding carboxylic acids is 2. The van der Waals surface area contributed by atoms with E-state index in [2.05, 4.69) is 10.0 Å². The molecule has 1 heterocycles. The number of amides is 2. The number of benzene rings is 2. The molecule has 0 atom stereocenters. The minimum Gasteiger partial charge on any atom is -0.486 e. The largest absolute Gasteiger partial charge is 0.486 e. The highest BCUT2D eigenvalue weighted by Crippen LogP contribution is 2.32. The standard InChI is InChI=1S/C19H21N3O6S/c1-22(2)18(23)12-20-19(24)13-3-5-14(6-4-13)21-29(25,26)15-7-8-16-17(11-15)28-10-9-27-16/h3-8,11,21H,9-10,12H2,1-2H3,(H,20,24). The molecule has 0 saturated heterocycles. The summed E-state index contributed by atoms with van der Waals surface area (Å²) in [6, 6.07) is 10.3. The fourth-order valence-electron chi connectivity index (χ4n) is 2.51. The Morgan fingerprint density at radius 2 is 1.66 bits per heavy atom. The zero-order valence-corrected chi connectivity index (χ0v) is 16.8. The second kappa shape index (κ2) is 8.39. The Morgan fingerprint density at radius 1 is 1.00 bits per heavy atom. The average Bonchev–Trinajstić information content (AvgIpc) is 2.71. The molecule has 154 valence electrons. The zero-order chi connectivity index (χ0) is 21.0. The number of fused-ring (bicyclic) bond motifs is 1. The van der Waals surface area contributed by atoms with Crippen LogP contribution in [0, 0.1) is 0 Å². The van der Waals surface area contributed by atoms with E-state index in [1.807, 2.05) is 0 Å². The number of carbonyl (C=O) groups is 2. The minimum atomic E-state index is -3.85. The number of rotatable bonds is 6. The van der Waals surface area contributed by atoms with Crippen LogP contribution in [0.4, 0.5) is 5.69 Å². The molecule has 0 fully saturated rings. The molecule has 29 heavy (non-hydrogen) atoms. The summed E-state index contributed by atoms with van der Waals surface area (Å²) < 4.78 is 38.5. The molecule has 0 aliphatic carbocycles. The Bertz CT molecular complexity index is 1020. The molecule has 0 aromatic heterocycles. The lowest BCUT2D eigenvalue weighted by Gasteiger charge is -2.19. The van der Waals surface area contributed by atoms with E-state index in [0.717, 1.165) is 0 Å². The van der Waals surface area contributed by atoms with Crippen LogP contribution in [0.3, 0.4) is 0 Å². The van der Waals surface area contributed by atoms with Crippen molar-refractivity contribution in [1.29, 1.82) is 0 Å². The van der Waals surface area contributed by atoms with Gasteiger partial charge in [-0.2, -0.15) is 0 Å². The Labute approximate surface area is 168 Å². The summed E-state index contributed by atoms with van der Waals surface area (Å²) in [5.41, 5.74) is 0.597. The fraction of sp³-hybridized carbons (Fsp3) is 0.263. The Kier molecular flexibility index (Phi) is 5.92. The molecule has 0 saturated carbocycles. The molecular formula is C19H21N3O6S. The first-order valence-electron chi connectivity index (χ1n) is 8.77. The highest BCUT2D eigenvalue weighted by Gasteiger charge is 2.19. The summed E-state index contributed by atoms with van der Waals surface area (Å²) in [6.07, 6.45) is 0. The number of nitrogens with zero attached hydrogens (tertiary/aromatic N) is 1. The van der Waals surface area contributed by atoms with E-state index in [4.69, 9.17) is 9.47 Å². The van der Waals surface area contributed by atoms with Gasteiger partial charge in [0.05, 0.1) is 11.4 Å². The third-order valence-electron chi connectivity index (χ3n) is 4.12. The average molecular weight is 419 g/mol. The first-order valence-corrected chi connectivity index (χ1v) is 10.3. The van der Waals surface area contributed by atoms with Crippen molar-refractivity contribution in [2.75, 3.05) is 38.6 Å². The van der Waals surface area contributed by atoms with Crippen molar-refractivity contribution in [3.8, 4) is 11.5 Å². The van der Waals surface area contributed by atoms with E-state index in [-0.39, 0.29) is 17.3 Å². The van der Waals surface area contributed by atoms with E-state index in [9.17, 15) is 18.0 Å². The van der Waals surface area contributed by atoms with Crippen molar-refractivity contribution < 1.29 is 27.5 Å². The molecule has 0 spiro atoms. The number of likely N-dealkylation sites (N-methyl/N-ethyl adjacent to an activating group) is 1.